The number of nitrogens with zero attached hydrogens (tertiary/aromatic N) is 2. The molecule has 2 aliphatic rings. The van der Waals surface area contributed by atoms with E-state index in [9.17, 15) is 8.42 Å². The maximum absolute atomic E-state index is 12.3. The monoisotopic (exact) mass is 394 g/mol. The molecule has 1 aliphatic heterocycles. The number of hydrogen-bond donors (Lipinski definition) is 2. The van der Waals surface area contributed by atoms with Gasteiger partial charge in [-0.15, -0.1) is 0 Å². The van der Waals surface area contributed by atoms with Crippen molar-refractivity contribution in [2.24, 2.45) is 0 Å². The van der Waals surface area contributed by atoms with Crippen LogP contribution in [0.2, 0.25) is 0 Å². The molecule has 27 heavy (non-hydrogen) atoms. The van der Waals surface area contributed by atoms with E-state index in [-0.39, 0.29) is 11.6 Å². The summed E-state index contributed by atoms with van der Waals surface area (Å²) >= 11 is 0. The van der Waals surface area contributed by atoms with Crippen molar-refractivity contribution < 1.29 is 8.42 Å². The molecule has 0 aromatic heterocycles. The maximum atomic E-state index is 12.3. The van der Waals surface area contributed by atoms with Crippen molar-refractivity contribution in [3.8, 4) is 0 Å². The first-order valence-corrected chi connectivity index (χ1v) is 11.7. The fourth-order valence-corrected chi connectivity index (χ4v) is 5.64. The molecule has 2 fully saturated rings. The minimum atomic E-state index is -3.45. The van der Waals surface area contributed by atoms with Gasteiger partial charge in [-0.2, -0.15) is 13.1 Å². The van der Waals surface area contributed by atoms with Gasteiger partial charge in [0.1, 0.15) is 0 Å². The van der Waals surface area contributed by atoms with Crippen molar-refractivity contribution in [1.82, 2.24) is 14.3 Å². The lowest BCUT2D eigenvalue weighted by Crippen LogP contribution is -2.62. The first-order valence-electron chi connectivity index (χ1n) is 10.2. The average Bonchev–Trinajstić information content (AvgIpc) is 2.67. The fourth-order valence-electron chi connectivity index (χ4n) is 4.47. The molecule has 1 heterocycles. The molecule has 1 aromatic carbocycles. The van der Waals surface area contributed by atoms with Crippen molar-refractivity contribution in [1.29, 1.82) is 0 Å². The topological polar surface area (TPSA) is 64.7 Å². The van der Waals surface area contributed by atoms with Gasteiger partial charge in [-0.3, -0.25) is 4.90 Å². The molecule has 2 N–H and O–H groups in total. The maximum Gasteiger partial charge on any atom is 0.277 e. The lowest BCUT2D eigenvalue weighted by atomic mass is 9.80. The van der Waals surface area contributed by atoms with Crippen LogP contribution in [0.25, 0.3) is 0 Å². The third-order valence-corrected chi connectivity index (χ3v) is 7.14. The number of rotatable bonds is 7. The molecule has 1 aromatic rings. The second kappa shape index (κ2) is 8.90. The van der Waals surface area contributed by atoms with E-state index in [2.05, 4.69) is 43.5 Å². The van der Waals surface area contributed by atoms with Crippen LogP contribution in [0.3, 0.4) is 0 Å². The lowest BCUT2D eigenvalue weighted by Gasteiger charge is -2.50. The Bertz CT molecular complexity index is 679. The zero-order valence-electron chi connectivity index (χ0n) is 16.7. The van der Waals surface area contributed by atoms with Crippen LogP contribution in [0.1, 0.15) is 46.0 Å². The van der Waals surface area contributed by atoms with Gasteiger partial charge in [0.05, 0.1) is 0 Å². The molecule has 152 valence electrons. The Balaban J connectivity index is 1.65. The smallest absolute Gasteiger partial charge is 0.277 e. The molecule has 0 unspecified atom stereocenters. The van der Waals surface area contributed by atoms with E-state index in [1.165, 1.54) is 24.9 Å². The van der Waals surface area contributed by atoms with Crippen LogP contribution in [-0.2, 0) is 10.2 Å². The Morgan fingerprint density at radius 1 is 1.00 bits per heavy atom. The van der Waals surface area contributed by atoms with Crippen molar-refractivity contribution in [2.45, 2.75) is 57.5 Å². The molecule has 3 rings (SSSR count). The molecule has 0 atom stereocenters. The molecule has 0 bridgehead atoms. The lowest BCUT2D eigenvalue weighted by molar-refractivity contribution is 0.0487. The third-order valence-electron chi connectivity index (χ3n) is 5.84. The second-order valence-electron chi connectivity index (χ2n) is 8.19. The third kappa shape index (κ3) is 5.44. The van der Waals surface area contributed by atoms with E-state index in [4.69, 9.17) is 0 Å². The van der Waals surface area contributed by atoms with Crippen LogP contribution >= 0.6 is 0 Å². The van der Waals surface area contributed by atoms with Crippen LogP contribution in [0.5, 0.6) is 0 Å². The van der Waals surface area contributed by atoms with Gasteiger partial charge in [0.25, 0.3) is 10.2 Å². The van der Waals surface area contributed by atoms with Gasteiger partial charge in [-0.25, -0.2) is 4.72 Å². The summed E-state index contributed by atoms with van der Waals surface area (Å²) < 4.78 is 30.1. The summed E-state index contributed by atoms with van der Waals surface area (Å²) in [4.78, 5) is 4.97. The van der Waals surface area contributed by atoms with E-state index in [1.54, 1.807) is 0 Å². The summed E-state index contributed by atoms with van der Waals surface area (Å²) in [6.45, 7) is 8.13. The normalized spacial score (nSPS) is 21.5. The van der Waals surface area contributed by atoms with Crippen LogP contribution in [0.4, 0.5) is 5.69 Å². The summed E-state index contributed by atoms with van der Waals surface area (Å²) in [5.41, 5.74) is 1.23. The van der Waals surface area contributed by atoms with E-state index in [1.807, 2.05) is 19.9 Å². The second-order valence-corrected chi connectivity index (χ2v) is 9.72. The van der Waals surface area contributed by atoms with Gasteiger partial charge in [0.2, 0.25) is 0 Å². The Labute approximate surface area is 164 Å². The van der Waals surface area contributed by atoms with E-state index in [0.717, 1.165) is 39.0 Å². The van der Waals surface area contributed by atoms with Crippen molar-refractivity contribution in [2.75, 3.05) is 37.6 Å². The minimum Gasteiger partial charge on any atom is -0.369 e. The van der Waals surface area contributed by atoms with E-state index < -0.39 is 10.2 Å². The van der Waals surface area contributed by atoms with Crippen molar-refractivity contribution in [3.05, 3.63) is 30.3 Å². The summed E-state index contributed by atoms with van der Waals surface area (Å²) in [7, 11) is -3.45. The van der Waals surface area contributed by atoms with E-state index >= 15 is 0 Å². The molecule has 1 aliphatic carbocycles. The molecule has 7 heteroatoms. The standard InChI is InChI=1S/C20H34N4O2S/c1-18(2)22-27(25,26)21-17-20(11-7-4-8-12-20)24-15-13-23(14-16-24)19-9-5-3-6-10-19/h3,5-6,9-10,18,21-22H,4,7-8,11-17H2,1-2H3. The highest BCUT2D eigenvalue weighted by atomic mass is 32.2. The molecule has 1 saturated carbocycles. The van der Waals surface area contributed by atoms with Gasteiger partial charge in [-0.05, 0) is 38.8 Å². The fraction of sp³-hybridized carbons (Fsp3) is 0.700. The molecular weight excluding hydrogens is 360 g/mol. The van der Waals surface area contributed by atoms with Gasteiger partial charge >= 0.3 is 0 Å². The summed E-state index contributed by atoms with van der Waals surface area (Å²) in [5, 5.41) is 0. The van der Waals surface area contributed by atoms with Gasteiger partial charge < -0.3 is 4.90 Å². The highest BCUT2D eigenvalue weighted by Crippen LogP contribution is 2.34. The van der Waals surface area contributed by atoms with Crippen LogP contribution in [-0.4, -0.2) is 57.6 Å². The SMILES string of the molecule is CC(C)NS(=O)(=O)NCC1(N2CCN(c3ccccc3)CC2)CCCCC1. The van der Waals surface area contributed by atoms with Gasteiger partial charge in [-0.1, -0.05) is 37.5 Å². The molecule has 0 radical (unpaired) electrons. The molecule has 0 amide bonds. The number of hydrogen-bond acceptors (Lipinski definition) is 4. The first kappa shape index (κ1) is 20.6. The van der Waals surface area contributed by atoms with Crippen molar-refractivity contribution >= 4 is 15.9 Å². The molecule has 0 spiro atoms. The first-order chi connectivity index (χ1) is 12.9. The number of para-hydroxylation sites is 1. The number of piperazine rings is 1. The predicted molar refractivity (Wildman–Crippen MR) is 111 cm³/mol. The van der Waals surface area contributed by atoms with Crippen LogP contribution < -0.4 is 14.3 Å². The van der Waals surface area contributed by atoms with Crippen LogP contribution in [0, 0.1) is 0 Å². The molecule has 6 nitrogen and oxygen atoms in total. The highest BCUT2D eigenvalue weighted by molar-refractivity contribution is 7.87. The van der Waals surface area contributed by atoms with E-state index in [0.29, 0.717) is 6.54 Å². The van der Waals surface area contributed by atoms with Crippen molar-refractivity contribution in [3.63, 3.8) is 0 Å². The number of benzene rings is 1. The van der Waals surface area contributed by atoms with Crippen LogP contribution in [0.15, 0.2) is 30.3 Å². The zero-order chi connectivity index (χ0) is 19.3. The Morgan fingerprint density at radius 3 is 2.22 bits per heavy atom. The number of nitrogens with one attached hydrogen (secondary N) is 2. The quantitative estimate of drug-likeness (QED) is 0.745. The largest absolute Gasteiger partial charge is 0.369 e. The zero-order valence-corrected chi connectivity index (χ0v) is 17.5. The van der Waals surface area contributed by atoms with Gasteiger partial charge in [0.15, 0.2) is 0 Å². The van der Waals surface area contributed by atoms with Gasteiger partial charge in [0, 0.05) is 50.0 Å². The summed E-state index contributed by atoms with van der Waals surface area (Å²) in [6, 6.07) is 10.4. The Morgan fingerprint density at radius 2 is 1.63 bits per heavy atom. The predicted octanol–water partition coefficient (Wildman–Crippen LogP) is 2.34. The Kier molecular flexibility index (Phi) is 6.78. The average molecular weight is 395 g/mol. The molecule has 1 saturated heterocycles. The highest BCUT2D eigenvalue weighted by Gasteiger charge is 2.40. The summed E-state index contributed by atoms with van der Waals surface area (Å²) in [6.07, 6.45) is 5.75. The number of anilines is 1. The Hall–Kier alpha value is -1.15. The summed E-state index contributed by atoms with van der Waals surface area (Å²) in [5.74, 6) is 0. The molecular formula is C20H34N4O2S. The minimum absolute atomic E-state index is 0.0489.